The van der Waals surface area contributed by atoms with Gasteiger partial charge in [0.15, 0.2) is 0 Å². The van der Waals surface area contributed by atoms with Gasteiger partial charge in [-0.1, -0.05) is 42.8 Å². The van der Waals surface area contributed by atoms with Crippen LogP contribution in [-0.4, -0.2) is 6.54 Å². The van der Waals surface area contributed by atoms with Crippen LogP contribution >= 0.6 is 0 Å². The second kappa shape index (κ2) is 3.82. The van der Waals surface area contributed by atoms with Crippen LogP contribution in [0.4, 0.5) is 0 Å². The molecule has 1 aromatic rings. The maximum atomic E-state index is 5.90. The van der Waals surface area contributed by atoms with Crippen molar-refractivity contribution in [3.8, 4) is 0 Å². The van der Waals surface area contributed by atoms with E-state index in [1.165, 1.54) is 30.4 Å². The monoisotopic (exact) mass is 201 g/mol. The molecule has 2 rings (SSSR count). The van der Waals surface area contributed by atoms with Gasteiger partial charge in [0.05, 0.1) is 0 Å². The summed E-state index contributed by atoms with van der Waals surface area (Å²) in [6.07, 6.45) is 3.79. The van der Waals surface area contributed by atoms with Gasteiger partial charge in [-0.15, -0.1) is 0 Å². The quantitative estimate of drug-likeness (QED) is 0.799. The van der Waals surface area contributed by atoms with E-state index in [1.54, 1.807) is 0 Å². The Morgan fingerprint density at radius 2 is 2.20 bits per heavy atom. The normalized spacial score (nSPS) is 18.3. The standard InChI is InChI=1S/C14H19N/c1-11(2)12-5-3-6-13(9-12)14(10-15)7-4-8-14/h3,5-6,9H,1,4,7-8,10,15H2,2H3. The first-order chi connectivity index (χ1) is 7.18. The predicted octanol–water partition coefficient (Wildman–Crippen LogP) is 3.10. The summed E-state index contributed by atoms with van der Waals surface area (Å²) in [6, 6.07) is 8.70. The highest BCUT2D eigenvalue weighted by Gasteiger charge is 2.37. The van der Waals surface area contributed by atoms with Crippen molar-refractivity contribution in [3.63, 3.8) is 0 Å². The molecule has 0 bridgehead atoms. The summed E-state index contributed by atoms with van der Waals surface area (Å²) in [5.74, 6) is 0. The molecule has 0 aliphatic heterocycles. The Hall–Kier alpha value is -1.08. The van der Waals surface area contributed by atoms with Crippen molar-refractivity contribution < 1.29 is 0 Å². The SMILES string of the molecule is C=C(C)c1cccc(C2(CN)CCC2)c1. The van der Waals surface area contributed by atoms with Crippen LogP contribution in [0.3, 0.4) is 0 Å². The topological polar surface area (TPSA) is 26.0 Å². The first kappa shape index (κ1) is 10.4. The molecule has 0 radical (unpaired) electrons. The van der Waals surface area contributed by atoms with E-state index in [-0.39, 0.29) is 5.41 Å². The summed E-state index contributed by atoms with van der Waals surface area (Å²) in [6.45, 7) is 6.81. The third-order valence-electron chi connectivity index (χ3n) is 3.67. The second-order valence-corrected chi connectivity index (χ2v) is 4.70. The van der Waals surface area contributed by atoms with E-state index >= 15 is 0 Å². The predicted molar refractivity (Wildman–Crippen MR) is 65.7 cm³/mol. The molecule has 1 aliphatic rings. The summed E-state index contributed by atoms with van der Waals surface area (Å²) < 4.78 is 0. The van der Waals surface area contributed by atoms with Crippen LogP contribution in [0.25, 0.3) is 5.57 Å². The van der Waals surface area contributed by atoms with Crippen LogP contribution in [-0.2, 0) is 5.41 Å². The molecule has 0 amide bonds. The fourth-order valence-electron chi connectivity index (χ4n) is 2.33. The molecular formula is C14H19N. The third-order valence-corrected chi connectivity index (χ3v) is 3.67. The molecular weight excluding hydrogens is 182 g/mol. The molecule has 1 heteroatoms. The van der Waals surface area contributed by atoms with Crippen molar-refractivity contribution in [2.75, 3.05) is 6.54 Å². The van der Waals surface area contributed by atoms with Crippen molar-refractivity contribution >= 4 is 5.57 Å². The number of benzene rings is 1. The Morgan fingerprint density at radius 1 is 1.47 bits per heavy atom. The lowest BCUT2D eigenvalue weighted by atomic mass is 9.64. The average Bonchev–Trinajstić information content (AvgIpc) is 2.17. The lowest BCUT2D eigenvalue weighted by Crippen LogP contribution is -2.41. The van der Waals surface area contributed by atoms with E-state index in [0.29, 0.717) is 0 Å². The van der Waals surface area contributed by atoms with Gasteiger partial charge in [0.2, 0.25) is 0 Å². The van der Waals surface area contributed by atoms with Gasteiger partial charge in [0.1, 0.15) is 0 Å². The number of allylic oxidation sites excluding steroid dienone is 1. The highest BCUT2D eigenvalue weighted by molar-refractivity contribution is 5.62. The Morgan fingerprint density at radius 3 is 2.67 bits per heavy atom. The zero-order valence-corrected chi connectivity index (χ0v) is 9.42. The molecule has 0 saturated heterocycles. The summed E-state index contributed by atoms with van der Waals surface area (Å²) in [5.41, 5.74) is 9.94. The van der Waals surface area contributed by atoms with Crippen LogP contribution in [0.2, 0.25) is 0 Å². The Bertz CT molecular complexity index is 369. The molecule has 15 heavy (non-hydrogen) atoms. The van der Waals surface area contributed by atoms with E-state index in [0.717, 1.165) is 12.1 Å². The van der Waals surface area contributed by atoms with Gasteiger partial charge >= 0.3 is 0 Å². The largest absolute Gasteiger partial charge is 0.330 e. The van der Waals surface area contributed by atoms with Gasteiger partial charge in [-0.25, -0.2) is 0 Å². The summed E-state index contributed by atoms with van der Waals surface area (Å²) >= 11 is 0. The molecule has 1 fully saturated rings. The maximum absolute atomic E-state index is 5.90. The zero-order chi connectivity index (χ0) is 10.9. The molecule has 1 nitrogen and oxygen atoms in total. The summed E-state index contributed by atoms with van der Waals surface area (Å²) in [7, 11) is 0. The lowest BCUT2D eigenvalue weighted by molar-refractivity contribution is 0.253. The molecule has 2 N–H and O–H groups in total. The van der Waals surface area contributed by atoms with E-state index < -0.39 is 0 Å². The van der Waals surface area contributed by atoms with Crippen molar-refractivity contribution in [3.05, 3.63) is 42.0 Å². The average molecular weight is 201 g/mol. The first-order valence-electron chi connectivity index (χ1n) is 5.64. The molecule has 1 aliphatic carbocycles. The molecule has 0 heterocycles. The van der Waals surface area contributed by atoms with Crippen LogP contribution < -0.4 is 5.73 Å². The second-order valence-electron chi connectivity index (χ2n) is 4.70. The highest BCUT2D eigenvalue weighted by atomic mass is 14.6. The van der Waals surface area contributed by atoms with Crippen LogP contribution in [0.15, 0.2) is 30.8 Å². The first-order valence-corrected chi connectivity index (χ1v) is 5.64. The lowest BCUT2D eigenvalue weighted by Gasteiger charge is -2.41. The Labute approximate surface area is 92.0 Å². The van der Waals surface area contributed by atoms with Gasteiger partial charge in [-0.05, 0) is 30.9 Å². The van der Waals surface area contributed by atoms with Crippen molar-refractivity contribution in [2.45, 2.75) is 31.6 Å². The molecule has 0 atom stereocenters. The molecule has 0 aromatic heterocycles. The van der Waals surface area contributed by atoms with E-state index in [1.807, 2.05) is 0 Å². The zero-order valence-electron chi connectivity index (χ0n) is 9.42. The number of hydrogen-bond donors (Lipinski definition) is 1. The van der Waals surface area contributed by atoms with Gasteiger partial charge in [-0.3, -0.25) is 0 Å². The number of nitrogens with two attached hydrogens (primary N) is 1. The minimum atomic E-state index is 0.269. The molecule has 0 unspecified atom stereocenters. The summed E-state index contributed by atoms with van der Waals surface area (Å²) in [4.78, 5) is 0. The Kier molecular flexibility index (Phi) is 2.66. The molecule has 80 valence electrons. The number of hydrogen-bond acceptors (Lipinski definition) is 1. The van der Waals surface area contributed by atoms with Gasteiger partial charge in [0.25, 0.3) is 0 Å². The molecule has 0 spiro atoms. The minimum absolute atomic E-state index is 0.269. The number of rotatable bonds is 3. The van der Waals surface area contributed by atoms with Crippen molar-refractivity contribution in [1.82, 2.24) is 0 Å². The van der Waals surface area contributed by atoms with Gasteiger partial charge in [0, 0.05) is 12.0 Å². The van der Waals surface area contributed by atoms with Crippen LogP contribution in [0.5, 0.6) is 0 Å². The van der Waals surface area contributed by atoms with Crippen molar-refractivity contribution in [1.29, 1.82) is 0 Å². The highest BCUT2D eigenvalue weighted by Crippen LogP contribution is 2.43. The van der Waals surface area contributed by atoms with E-state index in [4.69, 9.17) is 5.73 Å². The van der Waals surface area contributed by atoms with Crippen molar-refractivity contribution in [2.24, 2.45) is 5.73 Å². The van der Waals surface area contributed by atoms with Crippen LogP contribution in [0, 0.1) is 0 Å². The summed E-state index contributed by atoms with van der Waals surface area (Å²) in [5, 5.41) is 0. The fraction of sp³-hybridized carbons (Fsp3) is 0.429. The van der Waals surface area contributed by atoms with Crippen LogP contribution in [0.1, 0.15) is 37.3 Å². The van der Waals surface area contributed by atoms with E-state index in [2.05, 4.69) is 37.8 Å². The molecule has 1 aromatic carbocycles. The third kappa shape index (κ3) is 1.72. The maximum Gasteiger partial charge on any atom is 0.00757 e. The molecule has 1 saturated carbocycles. The van der Waals surface area contributed by atoms with E-state index in [9.17, 15) is 0 Å². The minimum Gasteiger partial charge on any atom is -0.330 e. The van der Waals surface area contributed by atoms with Gasteiger partial charge < -0.3 is 5.73 Å². The smallest absolute Gasteiger partial charge is 0.00757 e. The Balaban J connectivity index is 2.35. The van der Waals surface area contributed by atoms with Gasteiger partial charge in [-0.2, -0.15) is 0 Å². The fourth-order valence-corrected chi connectivity index (χ4v) is 2.33.